The number of rotatable bonds is 3. The van der Waals surface area contributed by atoms with Gasteiger partial charge in [-0.15, -0.1) is 11.3 Å². The number of hydrogen-bond donors (Lipinski definition) is 0. The number of anilines is 6. The third-order valence-electron chi connectivity index (χ3n) is 13.5. The average Bonchev–Trinajstić information content (AvgIpc) is 3.79. The number of nitrogens with zero attached hydrogens (tertiary/aromatic N) is 2. The van der Waals surface area contributed by atoms with Crippen molar-refractivity contribution in [2.24, 2.45) is 0 Å². The Hall–Kier alpha value is -5.52. The molecule has 0 bridgehead atoms. The van der Waals surface area contributed by atoms with Crippen molar-refractivity contribution in [2.45, 2.75) is 113 Å². The van der Waals surface area contributed by atoms with Crippen LogP contribution in [0.4, 0.5) is 34.1 Å². The van der Waals surface area contributed by atoms with Gasteiger partial charge in [0.2, 0.25) is 0 Å². The Kier molecular flexibility index (Phi) is 8.99. The van der Waals surface area contributed by atoms with Crippen molar-refractivity contribution >= 4 is 89.8 Å². The van der Waals surface area contributed by atoms with Crippen molar-refractivity contribution in [3.8, 4) is 10.4 Å². The van der Waals surface area contributed by atoms with E-state index in [2.05, 4.69) is 210 Å². The summed E-state index contributed by atoms with van der Waals surface area (Å²) in [5, 5.41) is 2.46. The van der Waals surface area contributed by atoms with Crippen molar-refractivity contribution in [1.29, 1.82) is 0 Å². The third-order valence-corrected chi connectivity index (χ3v) is 14.7. The molecule has 0 amide bonds. The van der Waals surface area contributed by atoms with Crippen LogP contribution in [0, 0.1) is 34.6 Å². The SMILES string of the molecule is Cc1cc2c3c(c1)N(c1c(C)cc(C(C)(C)C)cc1C)c1c(oc4ccc(C(C)(C)C)cc14)B3c1cc(C(C)(C)C)ccc1N2c1c(C)cc(-c2cc3ccccc3s2)cc1C. The fraction of sp³-hybridized carbons (Fsp3) is 0.298. The van der Waals surface area contributed by atoms with Crippen molar-refractivity contribution in [3.63, 3.8) is 0 Å². The van der Waals surface area contributed by atoms with Gasteiger partial charge in [-0.05, 0) is 172 Å². The summed E-state index contributed by atoms with van der Waals surface area (Å²) in [4.78, 5) is 6.49. The van der Waals surface area contributed by atoms with Gasteiger partial charge in [0, 0.05) is 32.0 Å². The molecule has 0 fully saturated rings. The Labute approximate surface area is 373 Å². The molecule has 2 aliphatic heterocycles. The second-order valence-electron chi connectivity index (χ2n) is 21.4. The molecule has 0 radical (unpaired) electrons. The van der Waals surface area contributed by atoms with E-state index in [0.29, 0.717) is 0 Å². The lowest BCUT2D eigenvalue weighted by atomic mass is 9.35. The summed E-state index contributed by atoms with van der Waals surface area (Å²) in [5.41, 5.74) is 23.3. The molecule has 6 aromatic carbocycles. The second kappa shape index (κ2) is 13.7. The molecule has 312 valence electrons. The van der Waals surface area contributed by atoms with Crippen LogP contribution < -0.4 is 26.4 Å². The number of aryl methyl sites for hydroxylation is 5. The predicted molar refractivity (Wildman–Crippen MR) is 271 cm³/mol. The minimum atomic E-state index is -0.112. The first-order chi connectivity index (χ1) is 29.2. The topological polar surface area (TPSA) is 19.6 Å². The monoisotopic (exact) mass is 830 g/mol. The zero-order chi connectivity index (χ0) is 43.9. The molecule has 2 aliphatic rings. The zero-order valence-electron chi connectivity index (χ0n) is 39.1. The first kappa shape index (κ1) is 40.6. The summed E-state index contributed by atoms with van der Waals surface area (Å²) < 4.78 is 8.67. The summed E-state index contributed by atoms with van der Waals surface area (Å²) >= 11 is 1.87. The smallest absolute Gasteiger partial charge is 0.297 e. The standard InChI is InChI=1S/C57H59BN2OS/c1-32-23-45-50-46(24-32)60(52-35(4)27-41(28-36(52)5)57(12,13)14)53-42-30-39(55(6,7)8)20-22-47(42)61-54(53)58(50)43-31-40(56(9,10)11)19-21-44(43)59(45)51-33(2)25-38(26-34(51)3)49-29-37-17-15-16-18-48(37)62-49/h15-31H,1-14H3. The number of furan rings is 1. The summed E-state index contributed by atoms with van der Waals surface area (Å²) in [7, 11) is 0. The molecule has 10 rings (SSSR count). The number of thiophene rings is 1. The summed E-state index contributed by atoms with van der Waals surface area (Å²) in [5.74, 6) is 0. The Morgan fingerprint density at radius 2 is 1.08 bits per heavy atom. The molecule has 0 atom stereocenters. The van der Waals surface area contributed by atoms with Crippen LogP contribution in [-0.4, -0.2) is 6.71 Å². The maximum Gasteiger partial charge on any atom is 0.297 e. The van der Waals surface area contributed by atoms with E-state index < -0.39 is 0 Å². The van der Waals surface area contributed by atoms with Crippen LogP contribution in [0.5, 0.6) is 0 Å². The van der Waals surface area contributed by atoms with Crippen LogP contribution in [0.1, 0.15) is 107 Å². The first-order valence-electron chi connectivity index (χ1n) is 22.4. The van der Waals surface area contributed by atoms with E-state index in [1.807, 2.05) is 11.3 Å². The van der Waals surface area contributed by atoms with E-state index in [4.69, 9.17) is 4.42 Å². The van der Waals surface area contributed by atoms with Crippen LogP contribution in [0.15, 0.2) is 108 Å². The summed E-state index contributed by atoms with van der Waals surface area (Å²) in [6, 6.07) is 39.7. The molecule has 0 unspecified atom stereocenters. The first-order valence-corrected chi connectivity index (χ1v) is 23.2. The highest BCUT2D eigenvalue weighted by Crippen LogP contribution is 2.51. The van der Waals surface area contributed by atoms with Crippen molar-refractivity contribution in [2.75, 3.05) is 9.80 Å². The largest absolute Gasteiger partial charge is 0.468 e. The van der Waals surface area contributed by atoms with Gasteiger partial charge in [-0.1, -0.05) is 111 Å². The van der Waals surface area contributed by atoms with E-state index in [-0.39, 0.29) is 23.0 Å². The van der Waals surface area contributed by atoms with Gasteiger partial charge in [-0.25, -0.2) is 0 Å². The maximum atomic E-state index is 7.35. The molecule has 0 spiro atoms. The quantitative estimate of drug-likeness (QED) is 0.165. The minimum Gasteiger partial charge on any atom is -0.468 e. The Morgan fingerprint density at radius 3 is 1.71 bits per heavy atom. The molecular formula is C57H59BN2OS. The van der Waals surface area contributed by atoms with E-state index in [9.17, 15) is 0 Å². The van der Waals surface area contributed by atoms with Gasteiger partial charge < -0.3 is 14.2 Å². The third kappa shape index (κ3) is 6.28. The highest BCUT2D eigenvalue weighted by atomic mass is 32.1. The molecule has 5 heteroatoms. The Morgan fingerprint density at radius 1 is 0.516 bits per heavy atom. The van der Waals surface area contributed by atoms with Crippen molar-refractivity contribution in [1.82, 2.24) is 0 Å². The number of benzene rings is 6. The molecule has 4 heterocycles. The lowest BCUT2D eigenvalue weighted by Gasteiger charge is -2.44. The number of fused-ring (bicyclic) bond motifs is 7. The molecule has 8 aromatic rings. The molecule has 3 nitrogen and oxygen atoms in total. The summed E-state index contributed by atoms with van der Waals surface area (Å²) in [6.45, 7) is 32.2. The summed E-state index contributed by atoms with van der Waals surface area (Å²) in [6.07, 6.45) is 0. The van der Waals surface area contributed by atoms with Gasteiger partial charge in [-0.2, -0.15) is 0 Å². The van der Waals surface area contributed by atoms with Crippen molar-refractivity contribution < 1.29 is 4.42 Å². The predicted octanol–water partition coefficient (Wildman–Crippen LogP) is 14.8. The lowest BCUT2D eigenvalue weighted by molar-refractivity contribution is 0.589. The van der Waals surface area contributed by atoms with Crippen LogP contribution in [-0.2, 0) is 16.2 Å². The van der Waals surface area contributed by atoms with Crippen LogP contribution in [0.25, 0.3) is 31.5 Å². The van der Waals surface area contributed by atoms with E-state index >= 15 is 0 Å². The van der Waals surface area contributed by atoms with Gasteiger partial charge in [0.05, 0.1) is 22.7 Å². The van der Waals surface area contributed by atoms with E-state index in [1.54, 1.807) is 0 Å². The van der Waals surface area contributed by atoms with Gasteiger partial charge >= 0.3 is 0 Å². The molecule has 62 heavy (non-hydrogen) atoms. The lowest BCUT2D eigenvalue weighted by Crippen LogP contribution is -2.61. The molecule has 0 aliphatic carbocycles. The second-order valence-corrected chi connectivity index (χ2v) is 22.5. The van der Waals surface area contributed by atoms with Crippen LogP contribution >= 0.6 is 11.3 Å². The van der Waals surface area contributed by atoms with Crippen LogP contribution in [0.3, 0.4) is 0 Å². The molecule has 0 saturated heterocycles. The van der Waals surface area contributed by atoms with Gasteiger partial charge in [0.15, 0.2) is 0 Å². The maximum absolute atomic E-state index is 7.35. The molecule has 0 saturated carbocycles. The van der Waals surface area contributed by atoms with Crippen molar-refractivity contribution in [3.05, 3.63) is 148 Å². The molecular weight excluding hydrogens is 772 g/mol. The Bertz CT molecular complexity index is 3080. The van der Waals surface area contributed by atoms with Gasteiger partial charge in [0.25, 0.3) is 6.71 Å². The number of hydrogen-bond acceptors (Lipinski definition) is 4. The molecule has 0 N–H and O–H groups in total. The Balaban J connectivity index is 1.30. The van der Waals surface area contributed by atoms with Gasteiger partial charge in [0.1, 0.15) is 5.58 Å². The van der Waals surface area contributed by atoms with Gasteiger partial charge in [-0.3, -0.25) is 0 Å². The fourth-order valence-electron chi connectivity index (χ4n) is 10.3. The fourth-order valence-corrected chi connectivity index (χ4v) is 11.4. The van der Waals surface area contributed by atoms with E-state index in [1.165, 1.54) is 110 Å². The zero-order valence-corrected chi connectivity index (χ0v) is 39.9. The normalized spacial score (nSPS) is 13.9. The highest BCUT2D eigenvalue weighted by molar-refractivity contribution is 7.22. The minimum absolute atomic E-state index is 0.0237. The van der Waals surface area contributed by atoms with E-state index in [0.717, 1.165) is 16.9 Å². The average molecular weight is 831 g/mol. The van der Waals surface area contributed by atoms with Crippen LogP contribution in [0.2, 0.25) is 0 Å². The highest BCUT2D eigenvalue weighted by Gasteiger charge is 2.48. The molecule has 2 aromatic heterocycles.